The molecule has 2 amide bonds. The Balaban J connectivity index is 2.09. The molecule has 0 aliphatic rings. The minimum Gasteiger partial charge on any atom is -0.354 e. The Kier molecular flexibility index (Phi) is 10.1. The van der Waals surface area contributed by atoms with E-state index in [1.54, 1.807) is 16.7 Å². The van der Waals surface area contributed by atoms with Crippen molar-refractivity contribution in [2.24, 2.45) is 0 Å². The van der Waals surface area contributed by atoms with E-state index in [1.807, 2.05) is 68.4 Å². The molecule has 1 N–H and O–H groups in total. The summed E-state index contributed by atoms with van der Waals surface area (Å²) >= 11 is 7.64. The second-order valence-corrected chi connectivity index (χ2v) is 8.38. The maximum Gasteiger partial charge on any atom is 0.242 e. The van der Waals surface area contributed by atoms with Crippen LogP contribution in [0.15, 0.2) is 59.5 Å². The lowest BCUT2D eigenvalue weighted by Crippen LogP contribution is -2.49. The van der Waals surface area contributed by atoms with Crippen LogP contribution in [0, 0.1) is 0 Å². The van der Waals surface area contributed by atoms with Crippen molar-refractivity contribution in [3.63, 3.8) is 0 Å². The van der Waals surface area contributed by atoms with Gasteiger partial charge < -0.3 is 10.2 Å². The Morgan fingerprint density at radius 3 is 2.38 bits per heavy atom. The maximum atomic E-state index is 13.1. The minimum atomic E-state index is -0.480. The first-order valence-corrected chi connectivity index (χ1v) is 11.4. The summed E-state index contributed by atoms with van der Waals surface area (Å²) in [6.07, 6.45) is 1.81. The predicted molar refractivity (Wildman–Crippen MR) is 121 cm³/mol. The first kappa shape index (κ1) is 23.3. The topological polar surface area (TPSA) is 49.4 Å². The van der Waals surface area contributed by atoms with E-state index in [2.05, 4.69) is 5.32 Å². The van der Waals surface area contributed by atoms with Gasteiger partial charge in [-0.3, -0.25) is 9.59 Å². The highest BCUT2D eigenvalue weighted by Crippen LogP contribution is 2.20. The SMILES string of the molecule is CCCNC(=O)[C@H](CC)N(Cc1ccc(Cl)cc1)C(=O)CCSc1ccccc1. The van der Waals surface area contributed by atoms with Gasteiger partial charge >= 0.3 is 0 Å². The van der Waals surface area contributed by atoms with Gasteiger partial charge in [0.15, 0.2) is 0 Å². The smallest absolute Gasteiger partial charge is 0.242 e. The standard InChI is InChI=1S/C23H29ClN2O2S/c1-3-15-25-23(28)21(4-2)26(17-18-10-12-19(24)13-11-18)22(27)14-16-29-20-8-6-5-7-9-20/h5-13,21H,3-4,14-17H2,1-2H3,(H,25,28)/t21-/m0/s1. The van der Waals surface area contributed by atoms with Crippen LogP contribution in [-0.2, 0) is 16.1 Å². The van der Waals surface area contributed by atoms with Gasteiger partial charge in [0, 0.05) is 35.2 Å². The van der Waals surface area contributed by atoms with Crippen molar-refractivity contribution < 1.29 is 9.59 Å². The maximum absolute atomic E-state index is 13.1. The van der Waals surface area contributed by atoms with Crippen LogP contribution in [0.4, 0.5) is 0 Å². The second kappa shape index (κ2) is 12.6. The summed E-state index contributed by atoms with van der Waals surface area (Å²) in [6, 6.07) is 17.0. The van der Waals surface area contributed by atoms with E-state index in [-0.39, 0.29) is 11.8 Å². The van der Waals surface area contributed by atoms with Gasteiger partial charge in [0.2, 0.25) is 11.8 Å². The van der Waals surface area contributed by atoms with E-state index in [1.165, 1.54) is 0 Å². The van der Waals surface area contributed by atoms with Crippen LogP contribution in [0.5, 0.6) is 0 Å². The third kappa shape index (κ3) is 7.75. The van der Waals surface area contributed by atoms with E-state index < -0.39 is 6.04 Å². The molecule has 0 unspecified atom stereocenters. The van der Waals surface area contributed by atoms with Crippen molar-refractivity contribution >= 4 is 35.2 Å². The lowest BCUT2D eigenvalue weighted by atomic mass is 10.1. The highest BCUT2D eigenvalue weighted by Gasteiger charge is 2.28. The van der Waals surface area contributed by atoms with Crippen molar-refractivity contribution in [3.05, 3.63) is 65.2 Å². The van der Waals surface area contributed by atoms with Crippen LogP contribution in [0.2, 0.25) is 5.02 Å². The molecular formula is C23H29ClN2O2S. The summed E-state index contributed by atoms with van der Waals surface area (Å²) in [4.78, 5) is 28.6. The summed E-state index contributed by atoms with van der Waals surface area (Å²) < 4.78 is 0. The lowest BCUT2D eigenvalue weighted by molar-refractivity contribution is -0.141. The molecule has 0 radical (unpaired) electrons. The van der Waals surface area contributed by atoms with E-state index in [9.17, 15) is 9.59 Å². The molecule has 0 spiro atoms. The number of halogens is 1. The zero-order valence-corrected chi connectivity index (χ0v) is 18.6. The van der Waals surface area contributed by atoms with E-state index in [0.29, 0.717) is 36.7 Å². The fourth-order valence-electron chi connectivity index (χ4n) is 2.99. The molecule has 0 saturated heterocycles. The molecule has 2 rings (SSSR count). The summed E-state index contributed by atoms with van der Waals surface area (Å²) in [6.45, 7) is 4.96. The number of carbonyl (C=O) groups is 2. The number of thioether (sulfide) groups is 1. The van der Waals surface area contributed by atoms with E-state index in [4.69, 9.17) is 11.6 Å². The zero-order valence-electron chi connectivity index (χ0n) is 17.1. The molecule has 6 heteroatoms. The van der Waals surface area contributed by atoms with Crippen molar-refractivity contribution in [2.75, 3.05) is 12.3 Å². The first-order chi connectivity index (χ1) is 14.0. The largest absolute Gasteiger partial charge is 0.354 e. The van der Waals surface area contributed by atoms with E-state index >= 15 is 0 Å². The monoisotopic (exact) mass is 432 g/mol. The predicted octanol–water partition coefficient (Wildman–Crippen LogP) is 5.16. The molecule has 0 heterocycles. The quantitative estimate of drug-likeness (QED) is 0.499. The van der Waals surface area contributed by atoms with Crippen LogP contribution in [-0.4, -0.2) is 35.1 Å². The first-order valence-electron chi connectivity index (χ1n) is 10.0. The third-order valence-corrected chi connectivity index (χ3v) is 5.79. The summed E-state index contributed by atoms with van der Waals surface area (Å²) in [5.41, 5.74) is 0.959. The lowest BCUT2D eigenvalue weighted by Gasteiger charge is -2.30. The van der Waals surface area contributed by atoms with E-state index in [0.717, 1.165) is 16.9 Å². The zero-order chi connectivity index (χ0) is 21.1. The number of amides is 2. The Morgan fingerprint density at radius 2 is 1.76 bits per heavy atom. The molecule has 0 aliphatic heterocycles. The highest BCUT2D eigenvalue weighted by atomic mass is 35.5. The second-order valence-electron chi connectivity index (χ2n) is 6.77. The molecule has 0 fully saturated rings. The van der Waals surface area contributed by atoms with Crippen LogP contribution in [0.25, 0.3) is 0 Å². The average Bonchev–Trinajstić information content (AvgIpc) is 2.74. The normalized spacial score (nSPS) is 11.7. The van der Waals surface area contributed by atoms with Crippen molar-refractivity contribution in [1.29, 1.82) is 0 Å². The number of carbonyl (C=O) groups excluding carboxylic acids is 2. The number of nitrogens with zero attached hydrogens (tertiary/aromatic N) is 1. The summed E-state index contributed by atoms with van der Waals surface area (Å²) in [7, 11) is 0. The number of hydrogen-bond acceptors (Lipinski definition) is 3. The van der Waals surface area contributed by atoms with Crippen LogP contribution in [0.1, 0.15) is 38.7 Å². The van der Waals surface area contributed by atoms with Crippen molar-refractivity contribution in [3.8, 4) is 0 Å². The number of rotatable bonds is 11. The van der Waals surface area contributed by atoms with Gasteiger partial charge in [0.25, 0.3) is 0 Å². The van der Waals surface area contributed by atoms with Crippen LogP contribution in [0.3, 0.4) is 0 Å². The number of benzene rings is 2. The van der Waals surface area contributed by atoms with Gasteiger partial charge in [0.1, 0.15) is 6.04 Å². The molecule has 0 saturated carbocycles. The van der Waals surface area contributed by atoms with Gasteiger partial charge in [-0.2, -0.15) is 0 Å². The van der Waals surface area contributed by atoms with Crippen molar-refractivity contribution in [2.45, 2.75) is 50.6 Å². The van der Waals surface area contributed by atoms with Crippen LogP contribution >= 0.6 is 23.4 Å². The molecule has 156 valence electrons. The van der Waals surface area contributed by atoms with Crippen molar-refractivity contribution in [1.82, 2.24) is 10.2 Å². The highest BCUT2D eigenvalue weighted by molar-refractivity contribution is 7.99. The average molecular weight is 433 g/mol. The number of nitrogens with one attached hydrogen (secondary N) is 1. The molecule has 2 aromatic carbocycles. The molecule has 0 aliphatic carbocycles. The molecule has 2 aromatic rings. The third-order valence-electron chi connectivity index (χ3n) is 4.53. The molecule has 0 bridgehead atoms. The van der Waals surface area contributed by atoms with Gasteiger partial charge in [-0.15, -0.1) is 11.8 Å². The number of hydrogen-bond donors (Lipinski definition) is 1. The van der Waals surface area contributed by atoms with Gasteiger partial charge in [-0.1, -0.05) is 55.8 Å². The van der Waals surface area contributed by atoms with Crippen LogP contribution < -0.4 is 5.32 Å². The van der Waals surface area contributed by atoms with Gasteiger partial charge in [-0.05, 0) is 42.7 Å². The van der Waals surface area contributed by atoms with Gasteiger partial charge in [0.05, 0.1) is 0 Å². The fourth-order valence-corrected chi connectivity index (χ4v) is 3.98. The Bertz CT molecular complexity index is 768. The molecule has 29 heavy (non-hydrogen) atoms. The summed E-state index contributed by atoms with van der Waals surface area (Å²) in [5.74, 6) is 0.571. The summed E-state index contributed by atoms with van der Waals surface area (Å²) in [5, 5.41) is 3.59. The fraction of sp³-hybridized carbons (Fsp3) is 0.391. The Hall–Kier alpha value is -1.98. The molecule has 0 aromatic heterocycles. The molecule has 4 nitrogen and oxygen atoms in total. The van der Waals surface area contributed by atoms with Gasteiger partial charge in [-0.25, -0.2) is 0 Å². The Labute approximate surface area is 183 Å². The molecule has 1 atom stereocenters. The minimum absolute atomic E-state index is 0.0121. The molecular weight excluding hydrogens is 404 g/mol. The Morgan fingerprint density at radius 1 is 1.07 bits per heavy atom.